The summed E-state index contributed by atoms with van der Waals surface area (Å²) in [6.07, 6.45) is 1.96. The Morgan fingerprint density at radius 3 is 2.38 bits per heavy atom. The minimum Gasteiger partial charge on any atom is -0.478 e. The van der Waals surface area contributed by atoms with Crippen LogP contribution in [0.2, 0.25) is 0 Å². The number of benzene rings is 3. The number of aryl methyl sites for hydroxylation is 1. The Kier molecular flexibility index (Phi) is 5.91. The number of hydrogen-bond acceptors (Lipinski definition) is 3. The third kappa shape index (κ3) is 3.94. The fourth-order valence-corrected chi connectivity index (χ4v) is 4.01. The number of ketones is 1. The first kappa shape index (κ1) is 21.5. The number of aromatic carboxylic acids is 1. The predicted molar refractivity (Wildman–Crippen MR) is 123 cm³/mol. The number of halogens is 1. The summed E-state index contributed by atoms with van der Waals surface area (Å²) in [7, 11) is 0. The van der Waals surface area contributed by atoms with Gasteiger partial charge in [0, 0.05) is 17.4 Å². The van der Waals surface area contributed by atoms with Gasteiger partial charge in [-0.3, -0.25) is 4.79 Å². The topological polar surface area (TPSA) is 67.5 Å². The van der Waals surface area contributed by atoms with E-state index in [4.69, 9.17) is 4.42 Å². The van der Waals surface area contributed by atoms with E-state index in [0.29, 0.717) is 34.3 Å². The minimum absolute atomic E-state index is 0.0726. The Balaban J connectivity index is 2.00. The molecule has 0 aliphatic carbocycles. The molecule has 32 heavy (non-hydrogen) atoms. The molecule has 0 amide bonds. The zero-order chi connectivity index (χ0) is 22.8. The van der Waals surface area contributed by atoms with E-state index in [1.807, 2.05) is 18.2 Å². The van der Waals surface area contributed by atoms with Gasteiger partial charge in [0.2, 0.25) is 0 Å². The van der Waals surface area contributed by atoms with Gasteiger partial charge in [-0.05, 0) is 71.6 Å². The number of carboxylic acid groups (broad SMARTS) is 1. The van der Waals surface area contributed by atoms with Crippen molar-refractivity contribution in [2.75, 3.05) is 0 Å². The molecule has 4 aromatic rings. The molecule has 1 heterocycles. The van der Waals surface area contributed by atoms with Gasteiger partial charge < -0.3 is 9.52 Å². The second kappa shape index (κ2) is 8.79. The van der Waals surface area contributed by atoms with Crippen molar-refractivity contribution in [2.24, 2.45) is 0 Å². The van der Waals surface area contributed by atoms with E-state index < -0.39 is 5.97 Å². The number of carbonyl (C=O) groups excluding carboxylic acids is 1. The van der Waals surface area contributed by atoms with Crippen molar-refractivity contribution >= 4 is 22.7 Å². The number of carboxylic acids is 1. The second-order valence-electron chi connectivity index (χ2n) is 7.73. The Bertz CT molecular complexity index is 1320. The Morgan fingerprint density at radius 1 is 0.969 bits per heavy atom. The molecule has 0 aliphatic rings. The van der Waals surface area contributed by atoms with Crippen molar-refractivity contribution in [1.82, 2.24) is 0 Å². The van der Waals surface area contributed by atoms with Crippen LogP contribution >= 0.6 is 0 Å². The molecular formula is C27H23FO4. The first-order valence-corrected chi connectivity index (χ1v) is 10.6. The third-order valence-corrected chi connectivity index (χ3v) is 5.56. The highest BCUT2D eigenvalue weighted by Gasteiger charge is 2.23. The van der Waals surface area contributed by atoms with E-state index in [9.17, 15) is 19.1 Å². The van der Waals surface area contributed by atoms with Crippen LogP contribution in [0.25, 0.3) is 33.4 Å². The molecule has 0 atom stereocenters. The van der Waals surface area contributed by atoms with E-state index in [-0.39, 0.29) is 17.2 Å². The monoisotopic (exact) mass is 430 g/mol. The maximum absolute atomic E-state index is 13.5. The summed E-state index contributed by atoms with van der Waals surface area (Å²) in [4.78, 5) is 24.4. The van der Waals surface area contributed by atoms with Crippen LogP contribution in [-0.4, -0.2) is 16.9 Å². The summed E-state index contributed by atoms with van der Waals surface area (Å²) in [5.41, 5.74) is 4.54. The average Bonchev–Trinajstić information content (AvgIpc) is 3.17. The molecule has 3 aromatic carbocycles. The smallest absolute Gasteiger partial charge is 0.335 e. The molecule has 0 aliphatic heterocycles. The van der Waals surface area contributed by atoms with Gasteiger partial charge in [-0.2, -0.15) is 0 Å². The Hall–Kier alpha value is -3.73. The molecule has 162 valence electrons. The first-order valence-electron chi connectivity index (χ1n) is 10.6. The maximum atomic E-state index is 13.5. The number of hydrogen-bond donors (Lipinski definition) is 1. The van der Waals surface area contributed by atoms with Gasteiger partial charge in [-0.25, -0.2) is 9.18 Å². The summed E-state index contributed by atoms with van der Waals surface area (Å²) in [5.74, 6) is -1.00. The molecule has 4 nitrogen and oxygen atoms in total. The Labute approximate surface area is 185 Å². The predicted octanol–water partition coefficient (Wildman–Crippen LogP) is 7.15. The Morgan fingerprint density at radius 2 is 1.72 bits per heavy atom. The molecular weight excluding hydrogens is 407 g/mol. The SMILES string of the molecule is CCCc1cc2oc(-c3ccc(F)cc3)c(C(=O)CC)c2cc1-c1cccc(C(=O)O)c1. The summed E-state index contributed by atoms with van der Waals surface area (Å²) in [6.45, 7) is 3.86. The van der Waals surface area contributed by atoms with Crippen LogP contribution in [0.4, 0.5) is 4.39 Å². The fourth-order valence-electron chi connectivity index (χ4n) is 4.01. The summed E-state index contributed by atoms with van der Waals surface area (Å²) in [6, 6.07) is 16.5. The highest BCUT2D eigenvalue weighted by molar-refractivity contribution is 6.13. The average molecular weight is 430 g/mol. The largest absolute Gasteiger partial charge is 0.478 e. The van der Waals surface area contributed by atoms with Gasteiger partial charge >= 0.3 is 5.97 Å². The summed E-state index contributed by atoms with van der Waals surface area (Å²) < 4.78 is 19.6. The van der Waals surface area contributed by atoms with E-state index >= 15 is 0 Å². The number of Topliss-reactive ketones (excluding diaryl/α,β-unsaturated/α-hetero) is 1. The second-order valence-corrected chi connectivity index (χ2v) is 7.73. The lowest BCUT2D eigenvalue weighted by Gasteiger charge is -2.11. The zero-order valence-electron chi connectivity index (χ0n) is 17.9. The van der Waals surface area contributed by atoms with Crippen molar-refractivity contribution in [2.45, 2.75) is 33.1 Å². The summed E-state index contributed by atoms with van der Waals surface area (Å²) >= 11 is 0. The van der Waals surface area contributed by atoms with Crippen molar-refractivity contribution in [3.8, 4) is 22.5 Å². The lowest BCUT2D eigenvalue weighted by molar-refractivity contribution is 0.0696. The number of fused-ring (bicyclic) bond motifs is 1. The fraction of sp³-hybridized carbons (Fsp3) is 0.185. The number of furan rings is 1. The molecule has 0 radical (unpaired) electrons. The van der Waals surface area contributed by atoms with Crippen LogP contribution in [-0.2, 0) is 6.42 Å². The number of carbonyl (C=O) groups is 2. The van der Waals surface area contributed by atoms with E-state index in [2.05, 4.69) is 6.92 Å². The normalized spacial score (nSPS) is 11.1. The highest BCUT2D eigenvalue weighted by atomic mass is 19.1. The molecule has 0 saturated heterocycles. The van der Waals surface area contributed by atoms with Gasteiger partial charge in [0.1, 0.15) is 17.2 Å². The van der Waals surface area contributed by atoms with Crippen LogP contribution in [0.3, 0.4) is 0 Å². The molecule has 1 aromatic heterocycles. The quantitative estimate of drug-likeness (QED) is 0.316. The van der Waals surface area contributed by atoms with Crippen LogP contribution in [0, 0.1) is 5.82 Å². The molecule has 0 saturated carbocycles. The summed E-state index contributed by atoms with van der Waals surface area (Å²) in [5, 5.41) is 10.1. The van der Waals surface area contributed by atoms with E-state index in [1.165, 1.54) is 12.1 Å². The van der Waals surface area contributed by atoms with Crippen LogP contribution in [0.15, 0.2) is 65.1 Å². The third-order valence-electron chi connectivity index (χ3n) is 5.56. The zero-order valence-corrected chi connectivity index (χ0v) is 17.9. The van der Waals surface area contributed by atoms with Crippen molar-refractivity contribution in [3.05, 3.63) is 83.2 Å². The van der Waals surface area contributed by atoms with Crippen LogP contribution in [0.1, 0.15) is 53.0 Å². The molecule has 1 N–H and O–H groups in total. The van der Waals surface area contributed by atoms with Crippen molar-refractivity contribution < 1.29 is 23.5 Å². The molecule has 5 heteroatoms. The lowest BCUT2D eigenvalue weighted by Crippen LogP contribution is -1.99. The maximum Gasteiger partial charge on any atom is 0.335 e. The van der Waals surface area contributed by atoms with E-state index in [1.54, 1.807) is 37.3 Å². The van der Waals surface area contributed by atoms with Crippen LogP contribution in [0.5, 0.6) is 0 Å². The minimum atomic E-state index is -0.992. The van der Waals surface area contributed by atoms with Crippen molar-refractivity contribution in [3.63, 3.8) is 0 Å². The van der Waals surface area contributed by atoms with Crippen LogP contribution < -0.4 is 0 Å². The lowest BCUT2D eigenvalue weighted by atomic mass is 9.92. The van der Waals surface area contributed by atoms with Gasteiger partial charge in [-0.15, -0.1) is 0 Å². The van der Waals surface area contributed by atoms with Gasteiger partial charge in [0.25, 0.3) is 0 Å². The molecule has 0 bridgehead atoms. The van der Waals surface area contributed by atoms with Gasteiger partial charge in [0.15, 0.2) is 5.78 Å². The van der Waals surface area contributed by atoms with E-state index in [0.717, 1.165) is 29.5 Å². The van der Waals surface area contributed by atoms with Gasteiger partial charge in [-0.1, -0.05) is 32.4 Å². The number of rotatable bonds is 7. The standard InChI is InChI=1S/C27H23FO4/c1-3-6-17-14-24-22(15-21(17)18-7-5-8-19(13-18)27(30)31)25(23(29)4-2)26(32-24)16-9-11-20(28)12-10-16/h5,7-15H,3-4,6H2,1-2H3,(H,30,31). The van der Waals surface area contributed by atoms with Crippen molar-refractivity contribution in [1.29, 1.82) is 0 Å². The van der Waals surface area contributed by atoms with Gasteiger partial charge in [0.05, 0.1) is 11.1 Å². The molecule has 0 fully saturated rings. The highest BCUT2D eigenvalue weighted by Crippen LogP contribution is 2.39. The first-order chi connectivity index (χ1) is 15.4. The molecule has 0 spiro atoms. The molecule has 0 unspecified atom stereocenters. The molecule has 4 rings (SSSR count).